The van der Waals surface area contributed by atoms with Gasteiger partial charge in [-0.25, -0.2) is 4.79 Å². The standard InChI is InChI=1S/C12H18N4O3/c1-3-5-9-11(18)16(12(19)14-9)8-10(17)15(2)7-4-6-13/h9H,3-5,7-8H2,1-2H3,(H,14,19). The molecule has 0 bridgehead atoms. The minimum atomic E-state index is -0.523. The molecule has 1 aliphatic rings. The Morgan fingerprint density at radius 1 is 1.53 bits per heavy atom. The van der Waals surface area contributed by atoms with Crippen LogP contribution in [-0.4, -0.2) is 53.8 Å². The largest absolute Gasteiger partial charge is 0.343 e. The second-order valence-corrected chi connectivity index (χ2v) is 4.44. The monoisotopic (exact) mass is 266 g/mol. The molecule has 1 N–H and O–H groups in total. The summed E-state index contributed by atoms with van der Waals surface area (Å²) in [7, 11) is 1.54. The molecule has 104 valence electrons. The van der Waals surface area contributed by atoms with Gasteiger partial charge in [0, 0.05) is 13.6 Å². The maximum Gasteiger partial charge on any atom is 0.325 e. The van der Waals surface area contributed by atoms with Crippen LogP contribution in [0.2, 0.25) is 0 Å². The van der Waals surface area contributed by atoms with Crippen LogP contribution >= 0.6 is 0 Å². The molecule has 0 aliphatic carbocycles. The number of hydrogen-bond acceptors (Lipinski definition) is 4. The summed E-state index contributed by atoms with van der Waals surface area (Å²) in [6.07, 6.45) is 1.57. The van der Waals surface area contributed by atoms with E-state index in [4.69, 9.17) is 5.26 Å². The highest BCUT2D eigenvalue weighted by Crippen LogP contribution is 2.11. The lowest BCUT2D eigenvalue weighted by molar-refractivity contribution is -0.136. The Morgan fingerprint density at radius 2 is 2.21 bits per heavy atom. The number of amides is 4. The van der Waals surface area contributed by atoms with Crippen molar-refractivity contribution in [2.24, 2.45) is 0 Å². The van der Waals surface area contributed by atoms with E-state index in [2.05, 4.69) is 5.32 Å². The van der Waals surface area contributed by atoms with Gasteiger partial charge in [-0.2, -0.15) is 5.26 Å². The highest BCUT2D eigenvalue weighted by Gasteiger charge is 2.38. The lowest BCUT2D eigenvalue weighted by Gasteiger charge is -2.19. The molecule has 1 rings (SSSR count). The van der Waals surface area contributed by atoms with E-state index in [9.17, 15) is 14.4 Å². The predicted molar refractivity (Wildman–Crippen MR) is 66.8 cm³/mol. The molecule has 7 heteroatoms. The van der Waals surface area contributed by atoms with Crippen molar-refractivity contribution in [3.05, 3.63) is 0 Å². The third kappa shape index (κ3) is 3.68. The number of likely N-dealkylation sites (N-methyl/N-ethyl adjacent to an activating group) is 1. The smallest absolute Gasteiger partial charge is 0.325 e. The van der Waals surface area contributed by atoms with Crippen molar-refractivity contribution in [3.63, 3.8) is 0 Å². The summed E-state index contributed by atoms with van der Waals surface area (Å²) in [5, 5.41) is 11.0. The number of carbonyl (C=O) groups excluding carboxylic acids is 3. The number of carbonyl (C=O) groups is 3. The first-order chi connectivity index (χ1) is 9.01. The number of nitrogens with one attached hydrogen (secondary N) is 1. The Bertz CT molecular complexity index is 416. The quantitative estimate of drug-likeness (QED) is 0.689. The molecule has 1 heterocycles. The van der Waals surface area contributed by atoms with E-state index in [1.165, 1.54) is 4.90 Å². The average molecular weight is 266 g/mol. The van der Waals surface area contributed by atoms with Crippen LogP contribution in [0.3, 0.4) is 0 Å². The molecule has 1 unspecified atom stereocenters. The van der Waals surface area contributed by atoms with Gasteiger partial charge in [0.05, 0.1) is 12.5 Å². The summed E-state index contributed by atoms with van der Waals surface area (Å²) in [6.45, 7) is 1.94. The summed E-state index contributed by atoms with van der Waals surface area (Å²) >= 11 is 0. The van der Waals surface area contributed by atoms with Crippen molar-refractivity contribution in [2.75, 3.05) is 20.1 Å². The zero-order valence-electron chi connectivity index (χ0n) is 11.2. The van der Waals surface area contributed by atoms with Crippen molar-refractivity contribution in [1.82, 2.24) is 15.1 Å². The average Bonchev–Trinajstić information content (AvgIpc) is 2.64. The van der Waals surface area contributed by atoms with Crippen LogP contribution in [0.25, 0.3) is 0 Å². The molecule has 0 aromatic carbocycles. The van der Waals surface area contributed by atoms with Gasteiger partial charge in [0.15, 0.2) is 0 Å². The number of urea groups is 1. The highest BCUT2D eigenvalue weighted by atomic mass is 16.2. The first-order valence-electron chi connectivity index (χ1n) is 6.24. The van der Waals surface area contributed by atoms with Gasteiger partial charge in [-0.3, -0.25) is 14.5 Å². The van der Waals surface area contributed by atoms with Crippen LogP contribution in [0.5, 0.6) is 0 Å². The van der Waals surface area contributed by atoms with E-state index in [1.807, 2.05) is 13.0 Å². The molecule has 1 aliphatic heterocycles. The fourth-order valence-corrected chi connectivity index (χ4v) is 1.81. The second kappa shape index (κ2) is 6.73. The number of imide groups is 1. The summed E-state index contributed by atoms with van der Waals surface area (Å²) in [6, 6.07) is 0.893. The Hall–Kier alpha value is -2.10. The van der Waals surface area contributed by atoms with Crippen molar-refractivity contribution in [3.8, 4) is 6.07 Å². The SMILES string of the molecule is CCCC1NC(=O)N(CC(=O)N(C)CCC#N)C1=O. The Balaban J connectivity index is 2.57. The van der Waals surface area contributed by atoms with E-state index in [-0.39, 0.29) is 31.3 Å². The molecular weight excluding hydrogens is 248 g/mol. The lowest BCUT2D eigenvalue weighted by atomic mass is 10.2. The second-order valence-electron chi connectivity index (χ2n) is 4.44. The minimum absolute atomic E-state index is 0.223. The number of rotatable bonds is 6. The number of nitriles is 1. The fraction of sp³-hybridized carbons (Fsp3) is 0.667. The molecule has 0 radical (unpaired) electrons. The van der Waals surface area contributed by atoms with E-state index < -0.39 is 12.1 Å². The van der Waals surface area contributed by atoms with Crippen molar-refractivity contribution in [2.45, 2.75) is 32.2 Å². The van der Waals surface area contributed by atoms with E-state index >= 15 is 0 Å². The molecule has 4 amide bonds. The molecule has 1 atom stereocenters. The van der Waals surface area contributed by atoms with Crippen molar-refractivity contribution < 1.29 is 14.4 Å². The van der Waals surface area contributed by atoms with Gasteiger partial charge in [0.1, 0.15) is 12.6 Å². The summed E-state index contributed by atoms with van der Waals surface area (Å²) in [4.78, 5) is 37.6. The third-order valence-electron chi connectivity index (χ3n) is 2.96. The third-order valence-corrected chi connectivity index (χ3v) is 2.96. The lowest BCUT2D eigenvalue weighted by Crippen LogP contribution is -2.42. The normalized spacial score (nSPS) is 18.2. The van der Waals surface area contributed by atoms with Gasteiger partial charge in [-0.1, -0.05) is 13.3 Å². The zero-order chi connectivity index (χ0) is 14.4. The molecule has 1 saturated heterocycles. The maximum atomic E-state index is 11.9. The summed E-state index contributed by atoms with van der Waals surface area (Å²) in [5.41, 5.74) is 0. The molecule has 19 heavy (non-hydrogen) atoms. The minimum Gasteiger partial charge on any atom is -0.343 e. The Labute approximate surface area is 112 Å². The molecule has 0 saturated carbocycles. The van der Waals surface area contributed by atoms with Crippen molar-refractivity contribution in [1.29, 1.82) is 5.26 Å². The molecule has 0 aromatic rings. The number of nitrogens with zero attached hydrogens (tertiary/aromatic N) is 3. The number of hydrogen-bond donors (Lipinski definition) is 1. The van der Waals surface area contributed by atoms with Crippen LogP contribution in [-0.2, 0) is 9.59 Å². The molecule has 0 spiro atoms. The van der Waals surface area contributed by atoms with Gasteiger partial charge >= 0.3 is 6.03 Å². The van der Waals surface area contributed by atoms with Gasteiger partial charge in [0.25, 0.3) is 5.91 Å². The zero-order valence-corrected chi connectivity index (χ0v) is 11.2. The Kier molecular flexibility index (Phi) is 5.30. The summed E-state index contributed by atoms with van der Waals surface area (Å²) < 4.78 is 0. The highest BCUT2D eigenvalue weighted by molar-refractivity contribution is 6.06. The van der Waals surface area contributed by atoms with Gasteiger partial charge in [-0.05, 0) is 6.42 Å². The Morgan fingerprint density at radius 3 is 2.79 bits per heavy atom. The van der Waals surface area contributed by atoms with E-state index in [0.717, 1.165) is 11.3 Å². The summed E-state index contributed by atoms with van der Waals surface area (Å²) in [5.74, 6) is -0.704. The predicted octanol–water partition coefficient (Wildman–Crippen LogP) is 0.0790. The van der Waals surface area contributed by atoms with Gasteiger partial charge in [0.2, 0.25) is 5.91 Å². The topological polar surface area (TPSA) is 93.5 Å². The molecule has 7 nitrogen and oxygen atoms in total. The first-order valence-corrected chi connectivity index (χ1v) is 6.24. The molecule has 0 aromatic heterocycles. The van der Waals surface area contributed by atoms with Gasteiger partial charge < -0.3 is 10.2 Å². The molecular formula is C12H18N4O3. The van der Waals surface area contributed by atoms with Crippen LogP contribution in [0.1, 0.15) is 26.2 Å². The molecule has 1 fully saturated rings. The van der Waals surface area contributed by atoms with Crippen LogP contribution in [0, 0.1) is 11.3 Å². The fourth-order valence-electron chi connectivity index (χ4n) is 1.81. The maximum absolute atomic E-state index is 11.9. The first kappa shape index (κ1) is 15.0. The van der Waals surface area contributed by atoms with E-state index in [1.54, 1.807) is 7.05 Å². The van der Waals surface area contributed by atoms with Gasteiger partial charge in [-0.15, -0.1) is 0 Å². The van der Waals surface area contributed by atoms with Crippen LogP contribution in [0.15, 0.2) is 0 Å². The van der Waals surface area contributed by atoms with Crippen LogP contribution < -0.4 is 5.32 Å². The van der Waals surface area contributed by atoms with Crippen LogP contribution in [0.4, 0.5) is 4.79 Å². The van der Waals surface area contributed by atoms with Crippen molar-refractivity contribution >= 4 is 17.8 Å². The van der Waals surface area contributed by atoms with E-state index in [0.29, 0.717) is 6.42 Å².